The molecule has 0 bridgehead atoms. The molecule has 1 saturated carbocycles. The average Bonchev–Trinajstić information content (AvgIpc) is 1.86. The van der Waals surface area contributed by atoms with Crippen LogP contribution in [-0.4, -0.2) is 17.0 Å². The van der Waals surface area contributed by atoms with Gasteiger partial charge in [-0.15, -0.1) is 0 Å². The third-order valence-corrected chi connectivity index (χ3v) is 3.37. The van der Waals surface area contributed by atoms with Crippen molar-refractivity contribution in [1.82, 2.24) is 0 Å². The molecule has 0 amide bonds. The van der Waals surface area contributed by atoms with Crippen molar-refractivity contribution in [3.63, 3.8) is 0 Å². The summed E-state index contributed by atoms with van der Waals surface area (Å²) in [5.41, 5.74) is 6.16. The molecular weight excluding hydrogens is 142 g/mol. The van der Waals surface area contributed by atoms with E-state index in [2.05, 4.69) is 13.2 Å². The second kappa shape index (κ2) is 3.14. The molecule has 2 N–H and O–H groups in total. The lowest BCUT2D eigenvalue weighted by Gasteiger charge is -2.34. The minimum atomic E-state index is 0.131. The fraction of sp³-hybridized carbons (Fsp3) is 1.00. The van der Waals surface area contributed by atoms with Gasteiger partial charge in [0.25, 0.3) is 0 Å². The highest BCUT2D eigenvalue weighted by Gasteiger charge is 2.27. The van der Waals surface area contributed by atoms with Crippen molar-refractivity contribution in [1.29, 1.82) is 0 Å². The third kappa shape index (κ3) is 2.17. The van der Waals surface area contributed by atoms with E-state index in [0.717, 1.165) is 5.25 Å². The molecule has 2 atom stereocenters. The van der Waals surface area contributed by atoms with Crippen molar-refractivity contribution in [3.8, 4) is 0 Å². The van der Waals surface area contributed by atoms with Gasteiger partial charge < -0.3 is 5.73 Å². The van der Waals surface area contributed by atoms with Gasteiger partial charge in [-0.2, -0.15) is 11.8 Å². The lowest BCUT2D eigenvalue weighted by atomic mass is 9.84. The Morgan fingerprint density at radius 3 is 2.70 bits per heavy atom. The molecule has 60 valence electrons. The Kier molecular flexibility index (Phi) is 2.64. The van der Waals surface area contributed by atoms with Crippen LogP contribution in [0.5, 0.6) is 0 Å². The second-order valence-electron chi connectivity index (χ2n) is 3.61. The smallest absolute Gasteiger partial charge is 0.0136 e. The van der Waals surface area contributed by atoms with Gasteiger partial charge in [0, 0.05) is 10.8 Å². The van der Waals surface area contributed by atoms with Crippen LogP contribution < -0.4 is 5.73 Å². The largest absolute Gasteiger partial charge is 0.325 e. The molecule has 1 aliphatic carbocycles. The van der Waals surface area contributed by atoms with Crippen molar-refractivity contribution in [3.05, 3.63) is 0 Å². The van der Waals surface area contributed by atoms with Crippen LogP contribution in [0.15, 0.2) is 0 Å². The molecule has 1 aliphatic rings. The molecule has 0 radical (unpaired) electrons. The maximum atomic E-state index is 6.03. The molecule has 0 aromatic heterocycles. The predicted octanol–water partition coefficient (Wildman–Crippen LogP) is 2.01. The van der Waals surface area contributed by atoms with Crippen LogP contribution in [0.2, 0.25) is 0 Å². The van der Waals surface area contributed by atoms with Crippen molar-refractivity contribution in [2.24, 2.45) is 5.73 Å². The monoisotopic (exact) mass is 159 g/mol. The van der Waals surface area contributed by atoms with E-state index in [9.17, 15) is 0 Å². The van der Waals surface area contributed by atoms with Crippen molar-refractivity contribution in [2.75, 3.05) is 6.26 Å². The predicted molar refractivity (Wildman–Crippen MR) is 48.4 cm³/mol. The van der Waals surface area contributed by atoms with Crippen molar-refractivity contribution in [2.45, 2.75) is 43.4 Å². The summed E-state index contributed by atoms with van der Waals surface area (Å²) in [5, 5.41) is 0.823. The maximum absolute atomic E-state index is 6.03. The Morgan fingerprint density at radius 2 is 2.30 bits per heavy atom. The van der Waals surface area contributed by atoms with Crippen LogP contribution >= 0.6 is 11.8 Å². The normalized spacial score (nSPS) is 41.7. The van der Waals surface area contributed by atoms with E-state index in [1.807, 2.05) is 11.8 Å². The van der Waals surface area contributed by atoms with Gasteiger partial charge in [0.15, 0.2) is 0 Å². The van der Waals surface area contributed by atoms with Gasteiger partial charge in [-0.1, -0.05) is 6.42 Å². The molecular formula is C8H17NS. The lowest BCUT2D eigenvalue weighted by molar-refractivity contribution is 0.330. The van der Waals surface area contributed by atoms with E-state index in [1.165, 1.54) is 25.7 Å². The first-order valence-corrected chi connectivity index (χ1v) is 5.24. The van der Waals surface area contributed by atoms with Crippen molar-refractivity contribution < 1.29 is 0 Å². The molecule has 0 heterocycles. The van der Waals surface area contributed by atoms with Gasteiger partial charge in [-0.25, -0.2) is 0 Å². The highest BCUT2D eigenvalue weighted by molar-refractivity contribution is 7.99. The molecule has 0 spiro atoms. The Balaban J connectivity index is 2.40. The van der Waals surface area contributed by atoms with Crippen LogP contribution in [0, 0.1) is 0 Å². The van der Waals surface area contributed by atoms with Gasteiger partial charge in [0.1, 0.15) is 0 Å². The van der Waals surface area contributed by atoms with Gasteiger partial charge >= 0.3 is 0 Å². The minimum Gasteiger partial charge on any atom is -0.325 e. The van der Waals surface area contributed by atoms with E-state index < -0.39 is 0 Å². The summed E-state index contributed by atoms with van der Waals surface area (Å²) in [7, 11) is 0. The third-order valence-electron chi connectivity index (χ3n) is 2.30. The molecule has 2 heteroatoms. The minimum absolute atomic E-state index is 0.131. The molecule has 1 fully saturated rings. The topological polar surface area (TPSA) is 26.0 Å². The molecule has 0 aromatic carbocycles. The fourth-order valence-corrected chi connectivity index (χ4v) is 2.61. The average molecular weight is 159 g/mol. The van der Waals surface area contributed by atoms with Crippen LogP contribution in [0.1, 0.15) is 32.6 Å². The Morgan fingerprint density at radius 1 is 1.60 bits per heavy atom. The number of thioether (sulfide) groups is 1. The Labute approximate surface area is 67.8 Å². The van der Waals surface area contributed by atoms with Gasteiger partial charge in [0.2, 0.25) is 0 Å². The zero-order valence-corrected chi connectivity index (χ0v) is 7.71. The number of hydrogen-bond acceptors (Lipinski definition) is 2. The van der Waals surface area contributed by atoms with Gasteiger partial charge in [-0.3, -0.25) is 0 Å². The SMILES string of the molecule is CSC1CCCC(C)(N)C1. The fourth-order valence-electron chi connectivity index (χ4n) is 1.66. The summed E-state index contributed by atoms with van der Waals surface area (Å²) < 4.78 is 0. The Hall–Kier alpha value is 0.310. The summed E-state index contributed by atoms with van der Waals surface area (Å²) in [6.07, 6.45) is 7.29. The molecule has 0 aromatic rings. The molecule has 1 rings (SSSR count). The second-order valence-corrected chi connectivity index (χ2v) is 4.75. The van der Waals surface area contributed by atoms with Crippen LogP contribution in [0.4, 0.5) is 0 Å². The number of hydrogen-bond donors (Lipinski definition) is 1. The van der Waals surface area contributed by atoms with E-state index in [-0.39, 0.29) is 5.54 Å². The summed E-state index contributed by atoms with van der Waals surface area (Å²) in [6, 6.07) is 0. The zero-order valence-electron chi connectivity index (χ0n) is 6.89. The van der Waals surface area contributed by atoms with E-state index in [4.69, 9.17) is 5.73 Å². The van der Waals surface area contributed by atoms with Crippen LogP contribution in [0.25, 0.3) is 0 Å². The Bertz CT molecular complexity index is 112. The first kappa shape index (κ1) is 8.41. The highest BCUT2D eigenvalue weighted by Crippen LogP contribution is 2.31. The summed E-state index contributed by atoms with van der Waals surface area (Å²) in [4.78, 5) is 0. The first-order chi connectivity index (χ1) is 4.64. The first-order valence-electron chi connectivity index (χ1n) is 3.96. The molecule has 0 aliphatic heterocycles. The van der Waals surface area contributed by atoms with Gasteiger partial charge in [0.05, 0.1) is 0 Å². The molecule has 1 nitrogen and oxygen atoms in total. The van der Waals surface area contributed by atoms with Crippen LogP contribution in [-0.2, 0) is 0 Å². The molecule has 10 heavy (non-hydrogen) atoms. The van der Waals surface area contributed by atoms with E-state index in [1.54, 1.807) is 0 Å². The molecule has 0 saturated heterocycles. The summed E-state index contributed by atoms with van der Waals surface area (Å²) in [5.74, 6) is 0. The highest BCUT2D eigenvalue weighted by atomic mass is 32.2. The lowest BCUT2D eigenvalue weighted by Crippen LogP contribution is -2.41. The zero-order chi connectivity index (χ0) is 7.61. The number of rotatable bonds is 1. The van der Waals surface area contributed by atoms with E-state index >= 15 is 0 Å². The van der Waals surface area contributed by atoms with Crippen LogP contribution in [0.3, 0.4) is 0 Å². The summed E-state index contributed by atoms with van der Waals surface area (Å²) >= 11 is 1.97. The quantitative estimate of drug-likeness (QED) is 0.633. The standard InChI is InChI=1S/C8H17NS/c1-8(9)5-3-4-7(6-8)10-2/h7H,3-6,9H2,1-2H3. The molecule has 2 unspecified atom stereocenters. The summed E-state index contributed by atoms with van der Waals surface area (Å²) in [6.45, 7) is 2.18. The maximum Gasteiger partial charge on any atom is 0.0136 e. The van der Waals surface area contributed by atoms with Gasteiger partial charge in [-0.05, 0) is 32.4 Å². The number of nitrogens with two attached hydrogens (primary N) is 1. The van der Waals surface area contributed by atoms with E-state index in [0.29, 0.717) is 0 Å². The van der Waals surface area contributed by atoms with Crippen molar-refractivity contribution >= 4 is 11.8 Å².